The van der Waals surface area contributed by atoms with Crippen LogP contribution in [0, 0.1) is 0 Å². The number of ether oxygens (including phenoxy) is 1. The standard InChI is InChI=1S/C17H14N2O3/c1-2-22-17(21)16-13-5-3-4-10-19(13)14(11-20)15(16)12-6-8-18-9-7-12/h3-11H,2H2,1H3. The molecule has 0 N–H and O–H groups in total. The van der Waals surface area contributed by atoms with Crippen molar-refractivity contribution < 1.29 is 14.3 Å². The van der Waals surface area contributed by atoms with Crippen LogP contribution in [0.15, 0.2) is 48.9 Å². The van der Waals surface area contributed by atoms with Crippen LogP contribution in [0.1, 0.15) is 27.8 Å². The molecular formula is C17H14N2O3. The van der Waals surface area contributed by atoms with Crippen molar-refractivity contribution >= 4 is 17.8 Å². The highest BCUT2D eigenvalue weighted by molar-refractivity contribution is 6.09. The average molecular weight is 294 g/mol. The molecule has 0 spiro atoms. The van der Waals surface area contributed by atoms with Crippen LogP contribution >= 0.6 is 0 Å². The van der Waals surface area contributed by atoms with Gasteiger partial charge in [0, 0.05) is 24.2 Å². The van der Waals surface area contributed by atoms with Gasteiger partial charge in [0.05, 0.1) is 23.4 Å². The number of nitrogens with zero attached hydrogens (tertiary/aromatic N) is 2. The maximum atomic E-state index is 12.4. The number of pyridine rings is 2. The second kappa shape index (κ2) is 5.81. The van der Waals surface area contributed by atoms with Gasteiger partial charge in [-0.2, -0.15) is 0 Å². The number of hydrogen-bond donors (Lipinski definition) is 0. The van der Waals surface area contributed by atoms with Crippen molar-refractivity contribution in [2.24, 2.45) is 0 Å². The number of rotatable bonds is 4. The summed E-state index contributed by atoms with van der Waals surface area (Å²) in [5.41, 5.74) is 2.79. The van der Waals surface area contributed by atoms with Crippen molar-refractivity contribution in [3.05, 3.63) is 60.2 Å². The topological polar surface area (TPSA) is 60.7 Å². The molecule has 0 aromatic carbocycles. The summed E-state index contributed by atoms with van der Waals surface area (Å²) in [5, 5.41) is 0. The fourth-order valence-corrected chi connectivity index (χ4v) is 2.57. The zero-order valence-electron chi connectivity index (χ0n) is 12.0. The van der Waals surface area contributed by atoms with E-state index >= 15 is 0 Å². The van der Waals surface area contributed by atoms with E-state index in [-0.39, 0.29) is 6.61 Å². The van der Waals surface area contributed by atoms with E-state index < -0.39 is 5.97 Å². The Bertz CT molecular complexity index is 838. The zero-order valence-corrected chi connectivity index (χ0v) is 12.0. The summed E-state index contributed by atoms with van der Waals surface area (Å²) in [6, 6.07) is 8.97. The van der Waals surface area contributed by atoms with Gasteiger partial charge in [0.2, 0.25) is 0 Å². The lowest BCUT2D eigenvalue weighted by molar-refractivity contribution is 0.0529. The van der Waals surface area contributed by atoms with E-state index in [1.807, 2.05) is 12.1 Å². The predicted molar refractivity (Wildman–Crippen MR) is 82.0 cm³/mol. The maximum absolute atomic E-state index is 12.4. The van der Waals surface area contributed by atoms with Crippen LogP contribution in [0.3, 0.4) is 0 Å². The summed E-state index contributed by atoms with van der Waals surface area (Å²) in [6.45, 7) is 2.03. The van der Waals surface area contributed by atoms with Gasteiger partial charge >= 0.3 is 5.97 Å². The van der Waals surface area contributed by atoms with E-state index in [1.165, 1.54) is 0 Å². The molecule has 0 aliphatic carbocycles. The molecule has 3 aromatic rings. The average Bonchev–Trinajstić information content (AvgIpc) is 2.90. The molecule has 3 aromatic heterocycles. The summed E-state index contributed by atoms with van der Waals surface area (Å²) >= 11 is 0. The second-order valence-corrected chi connectivity index (χ2v) is 4.67. The molecule has 0 aliphatic heterocycles. The summed E-state index contributed by atoms with van der Waals surface area (Å²) in [7, 11) is 0. The van der Waals surface area contributed by atoms with Crippen LogP contribution in [-0.4, -0.2) is 28.2 Å². The first-order valence-corrected chi connectivity index (χ1v) is 6.93. The van der Waals surface area contributed by atoms with Gasteiger partial charge in [-0.05, 0) is 36.8 Å². The highest BCUT2D eigenvalue weighted by Gasteiger charge is 2.24. The minimum Gasteiger partial charge on any atom is -0.462 e. The van der Waals surface area contributed by atoms with Crippen LogP contribution < -0.4 is 0 Å². The van der Waals surface area contributed by atoms with E-state index in [1.54, 1.807) is 48.1 Å². The molecular weight excluding hydrogens is 280 g/mol. The summed E-state index contributed by atoms with van der Waals surface area (Å²) in [5.74, 6) is -0.439. The Hall–Kier alpha value is -2.95. The van der Waals surface area contributed by atoms with Crippen LogP contribution in [-0.2, 0) is 4.74 Å². The van der Waals surface area contributed by atoms with Crippen molar-refractivity contribution in [2.45, 2.75) is 6.92 Å². The molecule has 0 amide bonds. The van der Waals surface area contributed by atoms with Gasteiger partial charge in [0.15, 0.2) is 6.29 Å². The normalized spacial score (nSPS) is 10.6. The van der Waals surface area contributed by atoms with Crippen LogP contribution in [0.5, 0.6) is 0 Å². The Kier molecular flexibility index (Phi) is 3.70. The van der Waals surface area contributed by atoms with Gasteiger partial charge in [-0.1, -0.05) is 6.07 Å². The first-order chi connectivity index (χ1) is 10.8. The molecule has 0 aliphatic rings. The van der Waals surface area contributed by atoms with E-state index in [0.717, 1.165) is 11.8 Å². The van der Waals surface area contributed by atoms with Crippen molar-refractivity contribution in [3.8, 4) is 11.1 Å². The molecule has 0 radical (unpaired) electrons. The van der Waals surface area contributed by atoms with Crippen molar-refractivity contribution in [1.29, 1.82) is 0 Å². The third-order valence-electron chi connectivity index (χ3n) is 3.44. The lowest BCUT2D eigenvalue weighted by atomic mass is 10.0. The fraction of sp³-hybridized carbons (Fsp3) is 0.118. The van der Waals surface area contributed by atoms with Crippen LogP contribution in [0.25, 0.3) is 16.6 Å². The molecule has 0 saturated carbocycles. The molecule has 0 unspecified atom stereocenters. The van der Waals surface area contributed by atoms with E-state index in [9.17, 15) is 9.59 Å². The van der Waals surface area contributed by atoms with Gasteiger partial charge in [-0.15, -0.1) is 0 Å². The number of aromatic nitrogens is 2. The molecule has 5 heteroatoms. The zero-order chi connectivity index (χ0) is 15.5. The molecule has 0 saturated heterocycles. The fourth-order valence-electron chi connectivity index (χ4n) is 2.57. The third-order valence-corrected chi connectivity index (χ3v) is 3.44. The number of hydrogen-bond acceptors (Lipinski definition) is 4. The predicted octanol–water partition coefficient (Wildman–Crippen LogP) is 2.99. The van der Waals surface area contributed by atoms with Gasteiger partial charge in [-0.25, -0.2) is 4.79 Å². The minimum atomic E-state index is -0.439. The number of aldehydes is 1. The Labute approximate surface area is 127 Å². The largest absolute Gasteiger partial charge is 0.462 e. The molecule has 3 rings (SSSR count). The van der Waals surface area contributed by atoms with E-state index in [0.29, 0.717) is 22.3 Å². The number of fused-ring (bicyclic) bond motifs is 1. The SMILES string of the molecule is CCOC(=O)c1c(-c2ccncc2)c(C=O)n2ccccc12. The number of carbonyl (C=O) groups excluding carboxylic acids is 2. The van der Waals surface area contributed by atoms with Gasteiger partial charge in [-0.3, -0.25) is 9.78 Å². The smallest absolute Gasteiger partial charge is 0.340 e. The Balaban J connectivity index is 2.39. The highest BCUT2D eigenvalue weighted by atomic mass is 16.5. The Morgan fingerprint density at radius 1 is 1.27 bits per heavy atom. The van der Waals surface area contributed by atoms with Gasteiger partial charge < -0.3 is 9.14 Å². The number of esters is 1. The first kappa shape index (κ1) is 14.0. The molecule has 3 heterocycles. The molecule has 22 heavy (non-hydrogen) atoms. The Morgan fingerprint density at radius 3 is 2.73 bits per heavy atom. The number of carbonyl (C=O) groups is 2. The van der Waals surface area contributed by atoms with Gasteiger partial charge in [0.25, 0.3) is 0 Å². The molecule has 0 bridgehead atoms. The second-order valence-electron chi connectivity index (χ2n) is 4.67. The van der Waals surface area contributed by atoms with Crippen LogP contribution in [0.4, 0.5) is 0 Å². The van der Waals surface area contributed by atoms with Crippen molar-refractivity contribution in [1.82, 2.24) is 9.38 Å². The lowest BCUT2D eigenvalue weighted by Crippen LogP contribution is -2.05. The first-order valence-electron chi connectivity index (χ1n) is 6.93. The molecule has 0 atom stereocenters. The summed E-state index contributed by atoms with van der Waals surface area (Å²) in [6.07, 6.45) is 5.76. The monoisotopic (exact) mass is 294 g/mol. The Morgan fingerprint density at radius 2 is 2.05 bits per heavy atom. The molecule has 5 nitrogen and oxygen atoms in total. The van der Waals surface area contributed by atoms with Gasteiger partial charge in [0.1, 0.15) is 0 Å². The van der Waals surface area contributed by atoms with E-state index in [2.05, 4.69) is 4.98 Å². The third kappa shape index (κ3) is 2.16. The summed E-state index contributed by atoms with van der Waals surface area (Å²) < 4.78 is 6.88. The van der Waals surface area contributed by atoms with E-state index in [4.69, 9.17) is 4.74 Å². The van der Waals surface area contributed by atoms with Crippen LogP contribution in [0.2, 0.25) is 0 Å². The lowest BCUT2D eigenvalue weighted by Gasteiger charge is -2.05. The highest BCUT2D eigenvalue weighted by Crippen LogP contribution is 2.32. The van der Waals surface area contributed by atoms with Crippen molar-refractivity contribution in [2.75, 3.05) is 6.61 Å². The molecule has 110 valence electrons. The molecule has 0 fully saturated rings. The summed E-state index contributed by atoms with van der Waals surface area (Å²) in [4.78, 5) is 28.0. The maximum Gasteiger partial charge on any atom is 0.340 e. The quantitative estimate of drug-likeness (QED) is 0.548. The van der Waals surface area contributed by atoms with Crippen molar-refractivity contribution in [3.63, 3.8) is 0 Å². The minimum absolute atomic E-state index is 0.273.